The zero-order chi connectivity index (χ0) is 25.6. The number of nitrogens with one attached hydrogen (secondary N) is 2. The molecule has 6 rings (SSSR count). The molecule has 9 heteroatoms. The zero-order valence-electron chi connectivity index (χ0n) is 19.8. The molecule has 0 atom stereocenters. The molecule has 0 aliphatic carbocycles. The molecule has 2 N–H and O–H groups in total. The number of hydrogen-bond acceptors (Lipinski definition) is 5. The maximum atomic E-state index is 13.2. The van der Waals surface area contributed by atoms with Crippen LogP contribution >= 0.6 is 15.9 Å². The standard InChI is InChI=1S/C28H22BrN5O2S/c1-2-34-25-10-6-3-7-21(25)22-17-19(13-16-26(22)34)30-27-28(32-24-9-5-4-8-23(24)31-27)33-37(35,36)20-14-11-18(29)12-15-20/h3-17H,2H2,1H3,(H,30,31)(H,32,33). The number of hydrogen-bond donors (Lipinski definition) is 2. The molecule has 7 nitrogen and oxygen atoms in total. The molecule has 2 heterocycles. The first kappa shape index (κ1) is 23.4. The average molecular weight is 572 g/mol. The van der Waals surface area contributed by atoms with Crippen molar-refractivity contribution in [1.82, 2.24) is 14.5 Å². The summed E-state index contributed by atoms with van der Waals surface area (Å²) in [5, 5.41) is 5.58. The topological polar surface area (TPSA) is 88.9 Å². The van der Waals surface area contributed by atoms with Gasteiger partial charge in [0.1, 0.15) is 0 Å². The number of para-hydroxylation sites is 3. The van der Waals surface area contributed by atoms with E-state index >= 15 is 0 Å². The van der Waals surface area contributed by atoms with E-state index in [4.69, 9.17) is 4.98 Å². The van der Waals surface area contributed by atoms with E-state index < -0.39 is 10.0 Å². The van der Waals surface area contributed by atoms with Crippen molar-refractivity contribution in [3.05, 3.63) is 95.5 Å². The normalized spacial score (nSPS) is 11.8. The number of benzene rings is 4. The van der Waals surface area contributed by atoms with Gasteiger partial charge in [-0.2, -0.15) is 0 Å². The Balaban J connectivity index is 1.45. The maximum absolute atomic E-state index is 13.2. The Bertz CT molecular complexity index is 1900. The summed E-state index contributed by atoms with van der Waals surface area (Å²) in [4.78, 5) is 9.44. The zero-order valence-corrected chi connectivity index (χ0v) is 22.2. The Morgan fingerprint density at radius 1 is 0.784 bits per heavy atom. The van der Waals surface area contributed by atoms with Crippen LogP contribution in [0.3, 0.4) is 0 Å². The molecule has 184 valence electrons. The van der Waals surface area contributed by atoms with Gasteiger partial charge in [0.15, 0.2) is 11.6 Å². The molecule has 0 aliphatic rings. The van der Waals surface area contributed by atoms with Crippen LogP contribution in [0.4, 0.5) is 17.3 Å². The lowest BCUT2D eigenvalue weighted by Gasteiger charge is -2.14. The molecule has 0 bridgehead atoms. The third-order valence-electron chi connectivity index (χ3n) is 6.28. The number of sulfonamides is 1. The summed E-state index contributed by atoms with van der Waals surface area (Å²) >= 11 is 3.34. The molecule has 0 unspecified atom stereocenters. The van der Waals surface area contributed by atoms with E-state index in [-0.39, 0.29) is 10.7 Å². The Morgan fingerprint density at radius 3 is 2.16 bits per heavy atom. The van der Waals surface area contributed by atoms with Gasteiger partial charge in [-0.1, -0.05) is 46.3 Å². The monoisotopic (exact) mass is 571 g/mol. The van der Waals surface area contributed by atoms with Gasteiger partial charge in [-0.3, -0.25) is 4.72 Å². The van der Waals surface area contributed by atoms with E-state index in [0.29, 0.717) is 16.9 Å². The predicted molar refractivity (Wildman–Crippen MR) is 153 cm³/mol. The molecule has 0 saturated heterocycles. The third kappa shape index (κ3) is 4.30. The van der Waals surface area contributed by atoms with Crippen LogP contribution in [-0.4, -0.2) is 23.0 Å². The first-order valence-corrected chi connectivity index (χ1v) is 14.0. The highest BCUT2D eigenvalue weighted by molar-refractivity contribution is 9.10. The number of halogens is 1. The average Bonchev–Trinajstić information content (AvgIpc) is 3.22. The van der Waals surface area contributed by atoms with Gasteiger partial charge in [-0.25, -0.2) is 18.4 Å². The van der Waals surface area contributed by atoms with Crippen molar-refractivity contribution in [2.75, 3.05) is 10.0 Å². The fraction of sp³-hybridized carbons (Fsp3) is 0.0714. The predicted octanol–water partition coefficient (Wildman–Crippen LogP) is 7.06. The van der Waals surface area contributed by atoms with Gasteiger partial charge in [-0.15, -0.1) is 0 Å². The van der Waals surface area contributed by atoms with Gasteiger partial charge in [0.2, 0.25) is 0 Å². The summed E-state index contributed by atoms with van der Waals surface area (Å²) in [5.74, 6) is 0.440. The van der Waals surface area contributed by atoms with Crippen molar-refractivity contribution in [2.24, 2.45) is 0 Å². The van der Waals surface area contributed by atoms with E-state index in [0.717, 1.165) is 33.0 Å². The Labute approximate surface area is 222 Å². The fourth-order valence-corrected chi connectivity index (χ4v) is 5.84. The van der Waals surface area contributed by atoms with Crippen LogP contribution in [0.25, 0.3) is 32.8 Å². The van der Waals surface area contributed by atoms with Crippen LogP contribution in [-0.2, 0) is 16.6 Å². The van der Waals surface area contributed by atoms with Crippen LogP contribution in [0.2, 0.25) is 0 Å². The van der Waals surface area contributed by atoms with Crippen LogP contribution in [0.15, 0.2) is 100 Å². The van der Waals surface area contributed by atoms with Crippen molar-refractivity contribution in [3.63, 3.8) is 0 Å². The molecule has 0 amide bonds. The quantitative estimate of drug-likeness (QED) is 0.223. The third-order valence-corrected chi connectivity index (χ3v) is 8.16. The smallest absolute Gasteiger partial charge is 0.263 e. The van der Waals surface area contributed by atoms with Crippen LogP contribution in [0.5, 0.6) is 0 Å². The fourth-order valence-electron chi connectivity index (χ4n) is 4.57. The first-order valence-electron chi connectivity index (χ1n) is 11.8. The number of rotatable bonds is 6. The summed E-state index contributed by atoms with van der Waals surface area (Å²) in [7, 11) is -3.89. The summed E-state index contributed by atoms with van der Waals surface area (Å²) in [6.07, 6.45) is 0. The van der Waals surface area contributed by atoms with Gasteiger partial charge < -0.3 is 9.88 Å². The lowest BCUT2D eigenvalue weighted by atomic mass is 10.1. The summed E-state index contributed by atoms with van der Waals surface area (Å²) in [6.45, 7) is 2.99. The number of nitrogens with zero attached hydrogens (tertiary/aromatic N) is 3. The number of aryl methyl sites for hydroxylation is 1. The number of aromatic nitrogens is 3. The second-order valence-corrected chi connectivity index (χ2v) is 11.2. The van der Waals surface area contributed by atoms with E-state index in [2.05, 4.69) is 66.7 Å². The summed E-state index contributed by atoms with van der Waals surface area (Å²) in [5.41, 5.74) is 4.32. The highest BCUT2D eigenvalue weighted by Gasteiger charge is 2.19. The van der Waals surface area contributed by atoms with E-state index in [1.807, 2.05) is 36.4 Å². The minimum absolute atomic E-state index is 0.123. The second kappa shape index (κ2) is 9.17. The molecule has 0 fully saturated rings. The highest BCUT2D eigenvalue weighted by Crippen LogP contribution is 2.33. The minimum atomic E-state index is -3.89. The van der Waals surface area contributed by atoms with Crippen molar-refractivity contribution in [3.8, 4) is 0 Å². The molecule has 0 saturated carbocycles. The molecular formula is C28H22BrN5O2S. The van der Waals surface area contributed by atoms with Crippen molar-refractivity contribution in [1.29, 1.82) is 0 Å². The summed E-state index contributed by atoms with van der Waals surface area (Å²) < 4.78 is 32.1. The second-order valence-electron chi connectivity index (χ2n) is 8.59. The Kier molecular flexibility index (Phi) is 5.81. The largest absolute Gasteiger partial charge is 0.341 e. The van der Waals surface area contributed by atoms with Gasteiger partial charge in [0.25, 0.3) is 10.0 Å². The van der Waals surface area contributed by atoms with Crippen molar-refractivity contribution >= 4 is 76.1 Å². The molecule has 0 aliphatic heterocycles. The van der Waals surface area contributed by atoms with E-state index in [1.165, 1.54) is 17.6 Å². The number of anilines is 3. The molecular weight excluding hydrogens is 550 g/mol. The van der Waals surface area contributed by atoms with Gasteiger partial charge in [0, 0.05) is 38.5 Å². The lowest BCUT2D eigenvalue weighted by molar-refractivity contribution is 0.601. The molecule has 0 radical (unpaired) electrons. The van der Waals surface area contributed by atoms with Crippen molar-refractivity contribution in [2.45, 2.75) is 18.4 Å². The molecule has 37 heavy (non-hydrogen) atoms. The Morgan fingerprint density at radius 2 is 1.43 bits per heavy atom. The lowest BCUT2D eigenvalue weighted by Crippen LogP contribution is -2.16. The molecule has 0 spiro atoms. The SMILES string of the molecule is CCn1c2ccccc2c2cc(Nc3nc4ccccc4nc3NS(=O)(=O)c3ccc(Br)cc3)ccc21. The van der Waals surface area contributed by atoms with Crippen molar-refractivity contribution < 1.29 is 8.42 Å². The van der Waals surface area contributed by atoms with Crippen LogP contribution in [0.1, 0.15) is 6.92 Å². The first-order chi connectivity index (χ1) is 17.9. The molecule has 4 aromatic carbocycles. The minimum Gasteiger partial charge on any atom is -0.341 e. The summed E-state index contributed by atoms with van der Waals surface area (Å²) in [6, 6.07) is 28.2. The van der Waals surface area contributed by atoms with Gasteiger partial charge in [-0.05, 0) is 67.6 Å². The Hall–Kier alpha value is -3.95. The maximum Gasteiger partial charge on any atom is 0.263 e. The molecule has 6 aromatic rings. The van der Waals surface area contributed by atoms with Gasteiger partial charge in [0.05, 0.1) is 15.9 Å². The van der Waals surface area contributed by atoms with E-state index in [9.17, 15) is 8.42 Å². The van der Waals surface area contributed by atoms with E-state index in [1.54, 1.807) is 18.2 Å². The van der Waals surface area contributed by atoms with Crippen LogP contribution in [0, 0.1) is 0 Å². The van der Waals surface area contributed by atoms with Gasteiger partial charge >= 0.3 is 0 Å². The molecule has 2 aromatic heterocycles. The van der Waals surface area contributed by atoms with Crippen LogP contribution < -0.4 is 10.0 Å². The number of fused-ring (bicyclic) bond motifs is 4. The highest BCUT2D eigenvalue weighted by atomic mass is 79.9.